The fourth-order valence-corrected chi connectivity index (χ4v) is 2.18. The standard InChI is InChI=1S/C13H17N3O2/c14-10-11-9-12(1-4-15-11)16-5-2-13(3-6-16)18-8-7-17/h1,4,9,13,17H,2-3,5-8H2. The predicted molar refractivity (Wildman–Crippen MR) is 67.2 cm³/mol. The maximum atomic E-state index is 8.82. The molecule has 1 saturated heterocycles. The average molecular weight is 247 g/mol. The van der Waals surface area contributed by atoms with Crippen LogP contribution in [0.3, 0.4) is 0 Å². The molecule has 0 radical (unpaired) electrons. The van der Waals surface area contributed by atoms with Gasteiger partial charge in [-0.3, -0.25) is 0 Å². The van der Waals surface area contributed by atoms with Gasteiger partial charge in [-0.2, -0.15) is 5.26 Å². The monoisotopic (exact) mass is 247 g/mol. The third-order valence-electron chi connectivity index (χ3n) is 3.11. The maximum absolute atomic E-state index is 8.82. The van der Waals surface area contributed by atoms with Crippen molar-refractivity contribution in [1.29, 1.82) is 5.26 Å². The summed E-state index contributed by atoms with van der Waals surface area (Å²) < 4.78 is 5.52. The summed E-state index contributed by atoms with van der Waals surface area (Å²) in [5.74, 6) is 0. The Bertz CT molecular complexity index is 422. The number of hydrogen-bond donors (Lipinski definition) is 1. The van der Waals surface area contributed by atoms with Gasteiger partial charge in [-0.15, -0.1) is 0 Å². The van der Waals surface area contributed by atoms with E-state index in [-0.39, 0.29) is 12.7 Å². The third-order valence-corrected chi connectivity index (χ3v) is 3.11. The Kier molecular flexibility index (Phi) is 4.51. The molecule has 2 rings (SSSR count). The molecule has 0 bridgehead atoms. The fourth-order valence-electron chi connectivity index (χ4n) is 2.18. The number of aliphatic hydroxyl groups is 1. The van der Waals surface area contributed by atoms with Gasteiger partial charge in [-0.1, -0.05) is 0 Å². The van der Waals surface area contributed by atoms with E-state index in [4.69, 9.17) is 15.1 Å². The van der Waals surface area contributed by atoms with Crippen LogP contribution in [0.15, 0.2) is 18.3 Å². The van der Waals surface area contributed by atoms with Crippen molar-refractivity contribution in [2.24, 2.45) is 0 Å². The van der Waals surface area contributed by atoms with Crippen molar-refractivity contribution in [2.75, 3.05) is 31.2 Å². The summed E-state index contributed by atoms with van der Waals surface area (Å²) in [6, 6.07) is 5.79. The van der Waals surface area contributed by atoms with Gasteiger partial charge in [0, 0.05) is 25.0 Å². The SMILES string of the molecule is N#Cc1cc(N2CCC(OCCO)CC2)ccn1. The molecule has 18 heavy (non-hydrogen) atoms. The number of anilines is 1. The highest BCUT2D eigenvalue weighted by Crippen LogP contribution is 2.21. The molecule has 2 heterocycles. The normalized spacial score (nSPS) is 16.6. The van der Waals surface area contributed by atoms with Crippen molar-refractivity contribution >= 4 is 5.69 Å². The van der Waals surface area contributed by atoms with Crippen molar-refractivity contribution in [3.05, 3.63) is 24.0 Å². The number of piperidine rings is 1. The van der Waals surface area contributed by atoms with Gasteiger partial charge in [-0.25, -0.2) is 4.98 Å². The van der Waals surface area contributed by atoms with E-state index in [9.17, 15) is 0 Å². The zero-order valence-electron chi connectivity index (χ0n) is 10.2. The van der Waals surface area contributed by atoms with Crippen molar-refractivity contribution in [2.45, 2.75) is 18.9 Å². The van der Waals surface area contributed by atoms with Crippen LogP contribution in [0.5, 0.6) is 0 Å². The lowest BCUT2D eigenvalue weighted by atomic mass is 10.1. The summed E-state index contributed by atoms with van der Waals surface area (Å²) in [6.45, 7) is 2.31. The Morgan fingerprint density at radius 2 is 2.28 bits per heavy atom. The Hall–Kier alpha value is -1.64. The van der Waals surface area contributed by atoms with Crippen LogP contribution >= 0.6 is 0 Å². The molecule has 1 aliphatic rings. The van der Waals surface area contributed by atoms with E-state index < -0.39 is 0 Å². The van der Waals surface area contributed by atoms with Crippen molar-refractivity contribution in [1.82, 2.24) is 4.98 Å². The van der Waals surface area contributed by atoms with E-state index in [1.807, 2.05) is 12.1 Å². The molecule has 0 amide bonds. The maximum Gasteiger partial charge on any atom is 0.142 e. The van der Waals surface area contributed by atoms with Crippen molar-refractivity contribution < 1.29 is 9.84 Å². The smallest absolute Gasteiger partial charge is 0.142 e. The van der Waals surface area contributed by atoms with Gasteiger partial charge in [0.15, 0.2) is 0 Å². The molecule has 1 fully saturated rings. The third kappa shape index (κ3) is 3.19. The predicted octanol–water partition coefficient (Wildman–Crippen LogP) is 0.931. The molecule has 0 aliphatic carbocycles. The van der Waals surface area contributed by atoms with Gasteiger partial charge in [-0.05, 0) is 25.0 Å². The summed E-state index contributed by atoms with van der Waals surface area (Å²) in [4.78, 5) is 6.21. The first kappa shape index (κ1) is 12.8. The van der Waals surface area contributed by atoms with Crippen LogP contribution in [0.4, 0.5) is 5.69 Å². The zero-order chi connectivity index (χ0) is 12.8. The van der Waals surface area contributed by atoms with Crippen LogP contribution in [0, 0.1) is 11.3 Å². The molecule has 1 aromatic rings. The number of hydrogen-bond acceptors (Lipinski definition) is 5. The Morgan fingerprint density at radius 1 is 1.50 bits per heavy atom. The molecule has 5 heteroatoms. The summed E-state index contributed by atoms with van der Waals surface area (Å²) in [6.07, 6.45) is 3.81. The van der Waals surface area contributed by atoms with Crippen LogP contribution in [-0.2, 0) is 4.74 Å². The van der Waals surface area contributed by atoms with Gasteiger partial charge in [0.25, 0.3) is 0 Å². The molecule has 1 aromatic heterocycles. The van der Waals surface area contributed by atoms with Crippen molar-refractivity contribution in [3.8, 4) is 6.07 Å². The second-order valence-corrected chi connectivity index (χ2v) is 4.29. The summed E-state index contributed by atoms with van der Waals surface area (Å²) in [7, 11) is 0. The first-order chi connectivity index (χ1) is 8.83. The minimum absolute atomic E-state index is 0.0795. The number of nitriles is 1. The van der Waals surface area contributed by atoms with Crippen LogP contribution < -0.4 is 4.90 Å². The highest BCUT2D eigenvalue weighted by Gasteiger charge is 2.19. The van der Waals surface area contributed by atoms with E-state index in [0.717, 1.165) is 31.6 Å². The lowest BCUT2D eigenvalue weighted by Crippen LogP contribution is -2.37. The van der Waals surface area contributed by atoms with E-state index in [1.54, 1.807) is 6.20 Å². The molecule has 0 spiro atoms. The van der Waals surface area contributed by atoms with E-state index in [1.165, 1.54) is 0 Å². The molecule has 1 aliphatic heterocycles. The van der Waals surface area contributed by atoms with Crippen LogP contribution in [0.2, 0.25) is 0 Å². The lowest BCUT2D eigenvalue weighted by molar-refractivity contribution is 0.0159. The van der Waals surface area contributed by atoms with Gasteiger partial charge < -0.3 is 14.7 Å². The molecule has 1 N–H and O–H groups in total. The van der Waals surface area contributed by atoms with Gasteiger partial charge in [0.2, 0.25) is 0 Å². The number of nitrogens with zero attached hydrogens (tertiary/aromatic N) is 3. The largest absolute Gasteiger partial charge is 0.394 e. The van der Waals surface area contributed by atoms with E-state index in [0.29, 0.717) is 12.3 Å². The molecule has 0 saturated carbocycles. The topological polar surface area (TPSA) is 69.4 Å². The highest BCUT2D eigenvalue weighted by atomic mass is 16.5. The number of aliphatic hydroxyl groups excluding tert-OH is 1. The Morgan fingerprint density at radius 3 is 2.94 bits per heavy atom. The van der Waals surface area contributed by atoms with Gasteiger partial charge >= 0.3 is 0 Å². The number of aromatic nitrogens is 1. The first-order valence-corrected chi connectivity index (χ1v) is 6.17. The summed E-state index contributed by atoms with van der Waals surface area (Å²) in [5.41, 5.74) is 1.49. The fraction of sp³-hybridized carbons (Fsp3) is 0.538. The second-order valence-electron chi connectivity index (χ2n) is 4.29. The number of ether oxygens (including phenoxy) is 1. The molecule has 96 valence electrons. The summed E-state index contributed by atoms with van der Waals surface area (Å²) >= 11 is 0. The van der Waals surface area contributed by atoms with Crippen LogP contribution in [0.25, 0.3) is 0 Å². The first-order valence-electron chi connectivity index (χ1n) is 6.17. The molecule has 0 unspecified atom stereocenters. The quantitative estimate of drug-likeness (QED) is 0.857. The number of rotatable bonds is 4. The molecule has 5 nitrogen and oxygen atoms in total. The van der Waals surface area contributed by atoms with Crippen LogP contribution in [0.1, 0.15) is 18.5 Å². The lowest BCUT2D eigenvalue weighted by Gasteiger charge is -2.33. The second kappa shape index (κ2) is 6.34. The van der Waals surface area contributed by atoms with Crippen LogP contribution in [-0.4, -0.2) is 42.5 Å². The molecule has 0 atom stereocenters. The van der Waals surface area contributed by atoms with E-state index in [2.05, 4.69) is 16.0 Å². The van der Waals surface area contributed by atoms with Gasteiger partial charge in [0.1, 0.15) is 11.8 Å². The minimum Gasteiger partial charge on any atom is -0.394 e. The molecular formula is C13H17N3O2. The van der Waals surface area contributed by atoms with Gasteiger partial charge in [0.05, 0.1) is 19.3 Å². The Balaban J connectivity index is 1.91. The Labute approximate surface area is 107 Å². The van der Waals surface area contributed by atoms with Crippen molar-refractivity contribution in [3.63, 3.8) is 0 Å². The van der Waals surface area contributed by atoms with E-state index >= 15 is 0 Å². The highest BCUT2D eigenvalue weighted by molar-refractivity contribution is 5.49. The summed E-state index contributed by atoms with van der Waals surface area (Å²) in [5, 5.41) is 17.5. The average Bonchev–Trinajstić information content (AvgIpc) is 2.46. The molecule has 0 aromatic carbocycles. The molecular weight excluding hydrogens is 230 g/mol. The number of pyridine rings is 1. The minimum atomic E-state index is 0.0795. The zero-order valence-corrected chi connectivity index (χ0v) is 10.2.